The molecule has 0 radical (unpaired) electrons. The zero-order valence-electron chi connectivity index (χ0n) is 11.5. The second kappa shape index (κ2) is 6.62. The van der Waals surface area contributed by atoms with E-state index in [1.54, 1.807) is 0 Å². The summed E-state index contributed by atoms with van der Waals surface area (Å²) in [6, 6.07) is -0.257. The molecule has 4 heteroatoms. The Morgan fingerprint density at radius 1 is 1.24 bits per heavy atom. The third-order valence-corrected chi connectivity index (χ3v) is 3.25. The van der Waals surface area contributed by atoms with Gasteiger partial charge in [-0.1, -0.05) is 34.6 Å². The number of nitrogens with one attached hydrogen (secondary N) is 1. The summed E-state index contributed by atoms with van der Waals surface area (Å²) in [5, 5.41) is 11.5. The van der Waals surface area contributed by atoms with Gasteiger partial charge in [-0.05, 0) is 17.8 Å². The van der Waals surface area contributed by atoms with Gasteiger partial charge in [0.15, 0.2) is 0 Å². The first kappa shape index (κ1) is 15.9. The van der Waals surface area contributed by atoms with Crippen molar-refractivity contribution in [1.29, 1.82) is 0 Å². The number of aliphatic carboxylic acids is 1. The maximum atomic E-state index is 11.7. The van der Waals surface area contributed by atoms with E-state index in [0.29, 0.717) is 12.8 Å². The van der Waals surface area contributed by atoms with Crippen LogP contribution in [0.15, 0.2) is 0 Å². The largest absolute Gasteiger partial charge is 0.481 e. The standard InChI is InChI=1S/C13H25NO3/c1-6-10(8-12(16)17)14-11(15)7-9(2)13(3,4)5/h9-10H,6-8H2,1-5H3,(H,14,15)(H,16,17). The Bertz CT molecular complexity index is 268. The monoisotopic (exact) mass is 243 g/mol. The SMILES string of the molecule is CCC(CC(=O)O)NC(=O)CC(C)C(C)(C)C. The molecule has 4 nitrogen and oxygen atoms in total. The molecule has 0 aliphatic carbocycles. The van der Waals surface area contributed by atoms with Gasteiger partial charge >= 0.3 is 5.97 Å². The Kier molecular flexibility index (Phi) is 6.21. The first-order chi connectivity index (χ1) is 7.66. The van der Waals surface area contributed by atoms with Gasteiger partial charge in [0.2, 0.25) is 5.91 Å². The Balaban J connectivity index is 4.20. The lowest BCUT2D eigenvalue weighted by molar-refractivity contribution is -0.137. The average molecular weight is 243 g/mol. The topological polar surface area (TPSA) is 66.4 Å². The van der Waals surface area contributed by atoms with Crippen LogP contribution in [0.4, 0.5) is 0 Å². The van der Waals surface area contributed by atoms with Crippen LogP contribution in [0.3, 0.4) is 0 Å². The molecule has 2 atom stereocenters. The van der Waals surface area contributed by atoms with Crippen molar-refractivity contribution < 1.29 is 14.7 Å². The van der Waals surface area contributed by atoms with Crippen LogP contribution in [0.25, 0.3) is 0 Å². The van der Waals surface area contributed by atoms with E-state index in [1.165, 1.54) is 0 Å². The number of carbonyl (C=O) groups excluding carboxylic acids is 1. The zero-order chi connectivity index (χ0) is 13.6. The highest BCUT2D eigenvalue weighted by molar-refractivity contribution is 5.77. The number of carboxylic acids is 1. The Morgan fingerprint density at radius 3 is 2.12 bits per heavy atom. The molecule has 0 saturated heterocycles. The molecule has 0 rings (SSSR count). The highest BCUT2D eigenvalue weighted by Crippen LogP contribution is 2.27. The molecule has 0 spiro atoms. The average Bonchev–Trinajstić information content (AvgIpc) is 2.14. The predicted molar refractivity (Wildman–Crippen MR) is 67.7 cm³/mol. The van der Waals surface area contributed by atoms with Crippen molar-refractivity contribution in [3.63, 3.8) is 0 Å². The maximum absolute atomic E-state index is 11.7. The van der Waals surface area contributed by atoms with Gasteiger partial charge in [-0.15, -0.1) is 0 Å². The van der Waals surface area contributed by atoms with Crippen LogP contribution in [-0.4, -0.2) is 23.0 Å². The van der Waals surface area contributed by atoms with Crippen molar-refractivity contribution >= 4 is 11.9 Å². The lowest BCUT2D eigenvalue weighted by atomic mass is 9.80. The lowest BCUT2D eigenvalue weighted by Gasteiger charge is -2.27. The van der Waals surface area contributed by atoms with Gasteiger partial charge < -0.3 is 10.4 Å². The molecule has 100 valence electrons. The van der Waals surface area contributed by atoms with E-state index in [0.717, 1.165) is 0 Å². The first-order valence-electron chi connectivity index (χ1n) is 6.18. The number of carbonyl (C=O) groups is 2. The zero-order valence-corrected chi connectivity index (χ0v) is 11.5. The summed E-state index contributed by atoms with van der Waals surface area (Å²) in [6.45, 7) is 10.2. The fourth-order valence-electron chi connectivity index (χ4n) is 1.38. The maximum Gasteiger partial charge on any atom is 0.305 e. The third kappa shape index (κ3) is 6.97. The lowest BCUT2D eigenvalue weighted by Crippen LogP contribution is -2.37. The molecular weight excluding hydrogens is 218 g/mol. The van der Waals surface area contributed by atoms with Crippen LogP contribution in [-0.2, 0) is 9.59 Å². The summed E-state index contributed by atoms with van der Waals surface area (Å²) in [6.07, 6.45) is 1.08. The van der Waals surface area contributed by atoms with Crippen LogP contribution in [0.5, 0.6) is 0 Å². The Morgan fingerprint density at radius 2 is 1.76 bits per heavy atom. The Labute approximate surface area is 104 Å². The van der Waals surface area contributed by atoms with Gasteiger partial charge in [0.1, 0.15) is 0 Å². The second-order valence-corrected chi connectivity index (χ2v) is 5.74. The molecule has 2 unspecified atom stereocenters. The predicted octanol–water partition coefficient (Wildman–Crippen LogP) is 2.43. The third-order valence-electron chi connectivity index (χ3n) is 3.25. The summed E-state index contributed by atoms with van der Waals surface area (Å²) in [7, 11) is 0. The van der Waals surface area contributed by atoms with Crippen molar-refractivity contribution in [1.82, 2.24) is 5.32 Å². The van der Waals surface area contributed by atoms with Gasteiger partial charge in [-0.2, -0.15) is 0 Å². The van der Waals surface area contributed by atoms with Crippen LogP contribution < -0.4 is 5.32 Å². The van der Waals surface area contributed by atoms with E-state index in [9.17, 15) is 9.59 Å². The first-order valence-corrected chi connectivity index (χ1v) is 6.18. The van der Waals surface area contributed by atoms with E-state index in [2.05, 4.69) is 26.1 Å². The second-order valence-electron chi connectivity index (χ2n) is 5.74. The molecule has 0 heterocycles. The van der Waals surface area contributed by atoms with Crippen molar-refractivity contribution in [3.05, 3.63) is 0 Å². The van der Waals surface area contributed by atoms with E-state index in [1.807, 2.05) is 13.8 Å². The minimum Gasteiger partial charge on any atom is -0.481 e. The minimum absolute atomic E-state index is 0.00780. The number of carboxylic acid groups (broad SMARTS) is 1. The highest BCUT2D eigenvalue weighted by atomic mass is 16.4. The fourth-order valence-corrected chi connectivity index (χ4v) is 1.38. The molecule has 0 aliphatic rings. The molecule has 0 saturated carbocycles. The Hall–Kier alpha value is -1.06. The van der Waals surface area contributed by atoms with E-state index in [4.69, 9.17) is 5.11 Å². The fraction of sp³-hybridized carbons (Fsp3) is 0.846. The van der Waals surface area contributed by atoms with Gasteiger partial charge in [-0.25, -0.2) is 0 Å². The van der Waals surface area contributed by atoms with E-state index in [-0.39, 0.29) is 29.7 Å². The van der Waals surface area contributed by atoms with Crippen LogP contribution in [0, 0.1) is 11.3 Å². The summed E-state index contributed by atoms with van der Waals surface area (Å²) in [5.41, 5.74) is 0.0891. The number of hydrogen-bond acceptors (Lipinski definition) is 2. The molecule has 17 heavy (non-hydrogen) atoms. The number of rotatable bonds is 6. The number of amides is 1. The van der Waals surface area contributed by atoms with Gasteiger partial charge in [0.05, 0.1) is 6.42 Å². The van der Waals surface area contributed by atoms with Crippen molar-refractivity contribution in [2.45, 2.75) is 59.9 Å². The minimum atomic E-state index is -0.874. The molecule has 0 aromatic heterocycles. The molecular formula is C13H25NO3. The quantitative estimate of drug-likeness (QED) is 0.753. The van der Waals surface area contributed by atoms with Gasteiger partial charge in [0, 0.05) is 12.5 Å². The molecule has 0 bridgehead atoms. The molecule has 1 amide bonds. The van der Waals surface area contributed by atoms with Crippen molar-refractivity contribution in [2.24, 2.45) is 11.3 Å². The van der Waals surface area contributed by atoms with Crippen molar-refractivity contribution in [2.75, 3.05) is 0 Å². The van der Waals surface area contributed by atoms with Crippen LogP contribution in [0.1, 0.15) is 53.9 Å². The summed E-state index contributed by atoms with van der Waals surface area (Å²) in [4.78, 5) is 22.3. The van der Waals surface area contributed by atoms with Gasteiger partial charge in [-0.3, -0.25) is 9.59 Å². The molecule has 0 aromatic rings. The van der Waals surface area contributed by atoms with Gasteiger partial charge in [0.25, 0.3) is 0 Å². The summed E-state index contributed by atoms with van der Waals surface area (Å²) in [5.74, 6) is -0.661. The smallest absolute Gasteiger partial charge is 0.305 e. The highest BCUT2D eigenvalue weighted by Gasteiger charge is 2.23. The number of hydrogen-bond donors (Lipinski definition) is 2. The van der Waals surface area contributed by atoms with E-state index >= 15 is 0 Å². The van der Waals surface area contributed by atoms with Crippen LogP contribution in [0.2, 0.25) is 0 Å². The van der Waals surface area contributed by atoms with E-state index < -0.39 is 5.97 Å². The molecule has 0 aliphatic heterocycles. The molecule has 0 aromatic carbocycles. The van der Waals surface area contributed by atoms with Crippen LogP contribution >= 0.6 is 0 Å². The normalized spacial score (nSPS) is 15.1. The van der Waals surface area contributed by atoms with Crippen molar-refractivity contribution in [3.8, 4) is 0 Å². The molecule has 0 fully saturated rings. The summed E-state index contributed by atoms with van der Waals surface area (Å²) < 4.78 is 0. The summed E-state index contributed by atoms with van der Waals surface area (Å²) >= 11 is 0. The molecule has 2 N–H and O–H groups in total.